The van der Waals surface area contributed by atoms with Crippen molar-refractivity contribution in [2.45, 2.75) is 49.0 Å². The minimum absolute atomic E-state index is 0.0367. The zero-order valence-electron chi connectivity index (χ0n) is 7.55. The van der Waals surface area contributed by atoms with Gasteiger partial charge in [-0.05, 0) is 25.2 Å². The van der Waals surface area contributed by atoms with Crippen LogP contribution in [0.15, 0.2) is 0 Å². The van der Waals surface area contributed by atoms with Crippen molar-refractivity contribution in [2.75, 3.05) is 0 Å². The van der Waals surface area contributed by atoms with Crippen LogP contribution in [-0.4, -0.2) is 10.00 Å². The van der Waals surface area contributed by atoms with E-state index in [9.17, 15) is 0 Å². The molecular weight excluding hydrogens is 166 g/mol. The summed E-state index contributed by atoms with van der Waals surface area (Å²) in [5.41, 5.74) is 0. The average Bonchev–Trinajstić information content (AvgIpc) is 2.51. The Morgan fingerprint density at radius 3 is 2.42 bits per heavy atom. The van der Waals surface area contributed by atoms with Crippen molar-refractivity contribution >= 4 is 11.8 Å². The summed E-state index contributed by atoms with van der Waals surface area (Å²) < 4.78 is 0.0367. The fraction of sp³-hybridized carbons (Fsp3) is 0.900. The smallest absolute Gasteiger partial charge is 0.106 e. The Morgan fingerprint density at radius 1 is 1.42 bits per heavy atom. The normalized spacial score (nSPS) is 41.2. The topological polar surface area (TPSA) is 23.8 Å². The zero-order valence-corrected chi connectivity index (χ0v) is 8.36. The van der Waals surface area contributed by atoms with Crippen LogP contribution in [0.5, 0.6) is 0 Å². The molecule has 0 radical (unpaired) electrons. The Morgan fingerprint density at radius 2 is 2.00 bits per heavy atom. The summed E-state index contributed by atoms with van der Waals surface area (Å²) in [7, 11) is 0. The highest BCUT2D eigenvalue weighted by molar-refractivity contribution is 8.01. The van der Waals surface area contributed by atoms with Crippen LogP contribution in [0, 0.1) is 17.2 Å². The van der Waals surface area contributed by atoms with Crippen molar-refractivity contribution in [3.63, 3.8) is 0 Å². The van der Waals surface area contributed by atoms with Gasteiger partial charge in [0.25, 0.3) is 0 Å². The standard InChI is InChI=1S/C10H15NS/c1-8-6-10(8,7-11)12-9-4-2-3-5-9/h8-9H,2-6H2,1H3. The van der Waals surface area contributed by atoms with Crippen LogP contribution < -0.4 is 0 Å². The molecule has 0 bridgehead atoms. The molecule has 2 unspecified atom stereocenters. The number of thioether (sulfide) groups is 1. The molecule has 2 heteroatoms. The maximum atomic E-state index is 9.02. The summed E-state index contributed by atoms with van der Waals surface area (Å²) in [5.74, 6) is 0.646. The van der Waals surface area contributed by atoms with E-state index in [2.05, 4.69) is 13.0 Å². The van der Waals surface area contributed by atoms with Gasteiger partial charge in [0.1, 0.15) is 4.75 Å². The molecule has 2 rings (SSSR count). The molecule has 0 aromatic carbocycles. The van der Waals surface area contributed by atoms with Crippen molar-refractivity contribution in [2.24, 2.45) is 5.92 Å². The summed E-state index contributed by atoms with van der Waals surface area (Å²) in [6.07, 6.45) is 6.59. The Kier molecular flexibility index (Phi) is 2.08. The Labute approximate surface area is 78.5 Å². The molecule has 2 saturated carbocycles. The van der Waals surface area contributed by atoms with Gasteiger partial charge in [0.05, 0.1) is 6.07 Å². The zero-order chi connectivity index (χ0) is 8.60. The molecule has 0 heterocycles. The second kappa shape index (κ2) is 2.96. The van der Waals surface area contributed by atoms with Gasteiger partial charge in [-0.2, -0.15) is 5.26 Å². The Hall–Kier alpha value is -0.160. The van der Waals surface area contributed by atoms with Crippen molar-refractivity contribution in [3.05, 3.63) is 0 Å². The van der Waals surface area contributed by atoms with Crippen LogP contribution in [0.1, 0.15) is 39.0 Å². The van der Waals surface area contributed by atoms with E-state index in [1.807, 2.05) is 11.8 Å². The molecule has 0 N–H and O–H groups in total. The van der Waals surface area contributed by atoms with Gasteiger partial charge in [-0.3, -0.25) is 0 Å². The third-order valence-corrected chi connectivity index (χ3v) is 5.00. The first kappa shape index (κ1) is 8.44. The average molecular weight is 181 g/mol. The predicted molar refractivity (Wildman–Crippen MR) is 52.0 cm³/mol. The Balaban J connectivity index is 1.90. The molecule has 2 aliphatic carbocycles. The van der Waals surface area contributed by atoms with Crippen LogP contribution in [0.4, 0.5) is 0 Å². The molecule has 0 aromatic rings. The SMILES string of the molecule is CC1CC1(C#N)SC1CCCC1. The minimum atomic E-state index is 0.0367. The summed E-state index contributed by atoms with van der Waals surface area (Å²) >= 11 is 1.97. The lowest BCUT2D eigenvalue weighted by Gasteiger charge is -2.12. The number of rotatable bonds is 2. The summed E-state index contributed by atoms with van der Waals surface area (Å²) in [4.78, 5) is 0. The van der Waals surface area contributed by atoms with Gasteiger partial charge in [-0.15, -0.1) is 11.8 Å². The molecule has 0 aliphatic heterocycles. The molecule has 12 heavy (non-hydrogen) atoms. The lowest BCUT2D eigenvalue weighted by atomic mass is 10.3. The van der Waals surface area contributed by atoms with E-state index in [0.29, 0.717) is 5.92 Å². The summed E-state index contributed by atoms with van der Waals surface area (Å²) in [5, 5.41) is 9.82. The van der Waals surface area contributed by atoms with Gasteiger partial charge in [0.15, 0.2) is 0 Å². The molecule has 2 aliphatic rings. The molecule has 0 aromatic heterocycles. The maximum absolute atomic E-state index is 9.02. The Bertz CT molecular complexity index is 214. The van der Waals surface area contributed by atoms with E-state index in [0.717, 1.165) is 11.7 Å². The van der Waals surface area contributed by atoms with Crippen molar-refractivity contribution in [1.82, 2.24) is 0 Å². The maximum Gasteiger partial charge on any atom is 0.106 e. The van der Waals surface area contributed by atoms with Gasteiger partial charge in [-0.1, -0.05) is 19.8 Å². The number of nitrogens with zero attached hydrogens (tertiary/aromatic N) is 1. The van der Waals surface area contributed by atoms with Crippen molar-refractivity contribution in [1.29, 1.82) is 5.26 Å². The largest absolute Gasteiger partial charge is 0.197 e. The van der Waals surface area contributed by atoms with E-state index in [1.165, 1.54) is 25.7 Å². The third-order valence-electron chi connectivity index (χ3n) is 3.11. The number of hydrogen-bond acceptors (Lipinski definition) is 2. The van der Waals surface area contributed by atoms with E-state index in [4.69, 9.17) is 5.26 Å². The first-order valence-corrected chi connectivity index (χ1v) is 5.74. The van der Waals surface area contributed by atoms with Crippen LogP contribution >= 0.6 is 11.8 Å². The molecule has 2 atom stereocenters. The number of nitriles is 1. The molecule has 0 spiro atoms. The van der Waals surface area contributed by atoms with Crippen LogP contribution in [-0.2, 0) is 0 Å². The molecular formula is C10H15NS. The fourth-order valence-corrected chi connectivity index (χ4v) is 3.84. The lowest BCUT2D eigenvalue weighted by molar-refractivity contribution is 0.881. The van der Waals surface area contributed by atoms with Gasteiger partial charge >= 0.3 is 0 Å². The third kappa shape index (κ3) is 1.35. The molecule has 1 nitrogen and oxygen atoms in total. The van der Waals surface area contributed by atoms with E-state index in [1.54, 1.807) is 0 Å². The highest BCUT2D eigenvalue weighted by Crippen LogP contribution is 2.56. The molecule has 0 amide bonds. The molecule has 2 fully saturated rings. The van der Waals surface area contributed by atoms with E-state index >= 15 is 0 Å². The highest BCUT2D eigenvalue weighted by atomic mass is 32.2. The van der Waals surface area contributed by atoms with E-state index in [-0.39, 0.29) is 4.75 Å². The molecule has 0 saturated heterocycles. The van der Waals surface area contributed by atoms with Gasteiger partial charge < -0.3 is 0 Å². The molecule has 66 valence electrons. The van der Waals surface area contributed by atoms with Crippen molar-refractivity contribution < 1.29 is 0 Å². The van der Waals surface area contributed by atoms with Crippen molar-refractivity contribution in [3.8, 4) is 6.07 Å². The second-order valence-electron chi connectivity index (χ2n) is 4.13. The second-order valence-corrected chi connectivity index (χ2v) is 5.76. The minimum Gasteiger partial charge on any atom is -0.197 e. The predicted octanol–water partition coefficient (Wildman–Crippen LogP) is 2.96. The van der Waals surface area contributed by atoms with E-state index < -0.39 is 0 Å². The van der Waals surface area contributed by atoms with Gasteiger partial charge in [-0.25, -0.2) is 0 Å². The summed E-state index contributed by atoms with van der Waals surface area (Å²) in [6, 6.07) is 2.49. The quantitative estimate of drug-likeness (QED) is 0.654. The van der Waals surface area contributed by atoms with Crippen LogP contribution in [0.2, 0.25) is 0 Å². The summed E-state index contributed by atoms with van der Waals surface area (Å²) in [6.45, 7) is 2.20. The van der Waals surface area contributed by atoms with Gasteiger partial charge in [0.2, 0.25) is 0 Å². The lowest BCUT2D eigenvalue weighted by Crippen LogP contribution is -2.08. The monoisotopic (exact) mass is 181 g/mol. The highest BCUT2D eigenvalue weighted by Gasteiger charge is 2.53. The van der Waals surface area contributed by atoms with Crippen LogP contribution in [0.25, 0.3) is 0 Å². The first-order chi connectivity index (χ1) is 5.77. The fourth-order valence-electron chi connectivity index (χ4n) is 2.05. The van der Waals surface area contributed by atoms with Crippen LogP contribution in [0.3, 0.4) is 0 Å². The van der Waals surface area contributed by atoms with Gasteiger partial charge in [0, 0.05) is 5.25 Å². The first-order valence-electron chi connectivity index (χ1n) is 4.86. The number of hydrogen-bond donors (Lipinski definition) is 0.